The molecule has 3 amide bonds. The monoisotopic (exact) mass is 467 g/mol. The summed E-state index contributed by atoms with van der Waals surface area (Å²) in [6, 6.07) is 13.1. The van der Waals surface area contributed by atoms with E-state index in [1.54, 1.807) is 35.7 Å². The normalized spacial score (nSPS) is 12.1. The third kappa shape index (κ3) is 6.10. The molecule has 2 N–H and O–H groups in total. The van der Waals surface area contributed by atoms with Gasteiger partial charge in [0.1, 0.15) is 5.76 Å². The van der Waals surface area contributed by atoms with Crippen molar-refractivity contribution in [2.24, 2.45) is 0 Å². The second-order valence-corrected chi connectivity index (χ2v) is 9.36. The molecule has 1 aromatic carbocycles. The molecular weight excluding hydrogens is 438 g/mol. The Balaban J connectivity index is 1.97. The van der Waals surface area contributed by atoms with Crippen molar-refractivity contribution in [2.75, 3.05) is 11.4 Å². The molecule has 2 heterocycles. The molecule has 33 heavy (non-hydrogen) atoms. The van der Waals surface area contributed by atoms with Crippen molar-refractivity contribution in [2.45, 2.75) is 45.7 Å². The molecule has 0 saturated carbocycles. The van der Waals surface area contributed by atoms with E-state index >= 15 is 0 Å². The first kappa shape index (κ1) is 24.3. The third-order valence-electron chi connectivity index (χ3n) is 5.36. The van der Waals surface area contributed by atoms with Gasteiger partial charge in [0, 0.05) is 11.2 Å². The number of carbonyl (C=O) groups excluding carboxylic acids is 3. The second kappa shape index (κ2) is 10.5. The van der Waals surface area contributed by atoms with Crippen LogP contribution in [0, 0.1) is 6.92 Å². The molecule has 1 unspecified atom stereocenters. The van der Waals surface area contributed by atoms with Gasteiger partial charge < -0.3 is 15.1 Å². The van der Waals surface area contributed by atoms with Crippen molar-refractivity contribution in [3.8, 4) is 0 Å². The molecule has 7 nitrogen and oxygen atoms in total. The first-order valence-electron chi connectivity index (χ1n) is 10.8. The van der Waals surface area contributed by atoms with Gasteiger partial charge in [0.05, 0.1) is 17.7 Å². The predicted molar refractivity (Wildman–Crippen MR) is 129 cm³/mol. The van der Waals surface area contributed by atoms with E-state index < -0.39 is 17.5 Å². The summed E-state index contributed by atoms with van der Waals surface area (Å²) >= 11 is 1.29. The van der Waals surface area contributed by atoms with Crippen LogP contribution in [0.5, 0.6) is 0 Å². The molecule has 3 aromatic rings. The maximum Gasteiger partial charge on any atom is 0.261 e. The van der Waals surface area contributed by atoms with E-state index in [2.05, 4.69) is 10.6 Å². The lowest BCUT2D eigenvalue weighted by Gasteiger charge is -2.33. The Hall–Kier alpha value is -3.39. The molecule has 0 saturated heterocycles. The third-order valence-corrected chi connectivity index (χ3v) is 6.23. The number of hydrogen-bond acceptors (Lipinski definition) is 5. The van der Waals surface area contributed by atoms with Gasteiger partial charge in [-0.15, -0.1) is 11.3 Å². The molecule has 0 bridgehead atoms. The summed E-state index contributed by atoms with van der Waals surface area (Å²) < 4.78 is 5.59. The maximum absolute atomic E-state index is 13.5. The van der Waals surface area contributed by atoms with Crippen molar-refractivity contribution in [1.82, 2.24) is 10.6 Å². The minimum Gasteiger partial charge on any atom is -0.467 e. The number of rotatable bonds is 9. The van der Waals surface area contributed by atoms with Crippen LogP contribution in [0.4, 0.5) is 5.69 Å². The lowest BCUT2D eigenvalue weighted by Crippen LogP contribution is -2.52. The fourth-order valence-electron chi connectivity index (χ4n) is 3.26. The highest BCUT2D eigenvalue weighted by Gasteiger charge is 2.36. The minimum atomic E-state index is -1.04. The fourth-order valence-corrected chi connectivity index (χ4v) is 3.90. The molecule has 0 aliphatic carbocycles. The highest BCUT2D eigenvalue weighted by molar-refractivity contribution is 7.12. The van der Waals surface area contributed by atoms with E-state index in [-0.39, 0.29) is 18.4 Å². The van der Waals surface area contributed by atoms with Gasteiger partial charge in [-0.2, -0.15) is 0 Å². The second-order valence-electron chi connectivity index (χ2n) is 8.41. The molecule has 0 fully saturated rings. The van der Waals surface area contributed by atoms with Crippen LogP contribution in [0.1, 0.15) is 54.2 Å². The maximum atomic E-state index is 13.5. The average Bonchev–Trinajstić information content (AvgIpc) is 3.49. The van der Waals surface area contributed by atoms with Gasteiger partial charge in [-0.1, -0.05) is 25.1 Å². The molecule has 0 aliphatic rings. The van der Waals surface area contributed by atoms with Crippen LogP contribution in [-0.2, 0) is 9.59 Å². The molecule has 8 heteroatoms. The standard InChI is InChI=1S/C25H29N3O4S/c1-5-25(3,4)27-24(31)22(19-11-7-13-32-19)28(18-10-6-9-17(2)15-18)21(29)16-26-23(30)20-12-8-14-33-20/h6-15,22H,5,16H2,1-4H3,(H,26,30)(H,27,31). The summed E-state index contributed by atoms with van der Waals surface area (Å²) in [5.74, 6) is -0.805. The molecule has 0 spiro atoms. The molecule has 3 rings (SSSR count). The Kier molecular flexibility index (Phi) is 7.71. The van der Waals surface area contributed by atoms with Crippen LogP contribution in [0.3, 0.4) is 0 Å². The predicted octanol–water partition coefficient (Wildman–Crippen LogP) is 4.46. The van der Waals surface area contributed by atoms with Crippen LogP contribution in [0.2, 0.25) is 0 Å². The quantitative estimate of drug-likeness (QED) is 0.486. The minimum absolute atomic E-state index is 0.271. The number of hydrogen-bond donors (Lipinski definition) is 2. The van der Waals surface area contributed by atoms with Crippen molar-refractivity contribution in [1.29, 1.82) is 0 Å². The van der Waals surface area contributed by atoms with E-state index in [1.807, 2.05) is 45.9 Å². The van der Waals surface area contributed by atoms with Gasteiger partial charge >= 0.3 is 0 Å². The first-order valence-corrected chi connectivity index (χ1v) is 11.7. The fraction of sp³-hybridized carbons (Fsp3) is 0.320. The smallest absolute Gasteiger partial charge is 0.261 e. The van der Waals surface area contributed by atoms with Crippen LogP contribution in [0.15, 0.2) is 64.6 Å². The molecular formula is C25H29N3O4S. The highest BCUT2D eigenvalue weighted by Crippen LogP contribution is 2.30. The van der Waals surface area contributed by atoms with E-state index in [4.69, 9.17) is 4.42 Å². The van der Waals surface area contributed by atoms with E-state index in [0.717, 1.165) is 5.56 Å². The van der Waals surface area contributed by atoms with E-state index in [0.29, 0.717) is 22.7 Å². The Bertz CT molecular complexity index is 1090. The molecule has 1 atom stereocenters. The van der Waals surface area contributed by atoms with Crippen molar-refractivity contribution in [3.63, 3.8) is 0 Å². The van der Waals surface area contributed by atoms with Gasteiger partial charge in [0.2, 0.25) is 5.91 Å². The number of aryl methyl sites for hydroxylation is 1. The van der Waals surface area contributed by atoms with Gasteiger partial charge in [-0.05, 0) is 68.5 Å². The number of benzene rings is 1. The lowest BCUT2D eigenvalue weighted by atomic mass is 10.0. The van der Waals surface area contributed by atoms with Crippen molar-refractivity contribution < 1.29 is 18.8 Å². The van der Waals surface area contributed by atoms with Gasteiger partial charge in [-0.25, -0.2) is 0 Å². The zero-order valence-corrected chi connectivity index (χ0v) is 20.1. The van der Waals surface area contributed by atoms with Crippen molar-refractivity contribution in [3.05, 3.63) is 76.4 Å². The van der Waals surface area contributed by atoms with Crippen LogP contribution >= 0.6 is 11.3 Å². The van der Waals surface area contributed by atoms with Crippen LogP contribution in [0.25, 0.3) is 0 Å². The SMILES string of the molecule is CCC(C)(C)NC(=O)C(c1ccco1)N(C(=O)CNC(=O)c1cccs1)c1cccc(C)c1. The van der Waals surface area contributed by atoms with Crippen LogP contribution < -0.4 is 15.5 Å². The van der Waals surface area contributed by atoms with Gasteiger partial charge in [0.25, 0.3) is 11.8 Å². The number of amides is 3. The Labute approximate surface area is 197 Å². The average molecular weight is 468 g/mol. The molecule has 0 radical (unpaired) electrons. The Morgan fingerprint density at radius 1 is 1.12 bits per heavy atom. The Morgan fingerprint density at radius 3 is 2.52 bits per heavy atom. The number of anilines is 1. The molecule has 174 valence electrons. The largest absolute Gasteiger partial charge is 0.467 e. The lowest BCUT2D eigenvalue weighted by molar-refractivity contribution is -0.128. The topological polar surface area (TPSA) is 91.7 Å². The number of furan rings is 1. The summed E-state index contributed by atoms with van der Waals surface area (Å²) in [6.07, 6.45) is 2.18. The number of thiophene rings is 1. The summed E-state index contributed by atoms with van der Waals surface area (Å²) in [6.45, 7) is 7.46. The number of nitrogens with one attached hydrogen (secondary N) is 2. The molecule has 0 aliphatic heterocycles. The van der Waals surface area contributed by atoms with E-state index in [1.165, 1.54) is 22.5 Å². The number of nitrogens with zero attached hydrogens (tertiary/aromatic N) is 1. The highest BCUT2D eigenvalue weighted by atomic mass is 32.1. The van der Waals surface area contributed by atoms with E-state index in [9.17, 15) is 14.4 Å². The summed E-state index contributed by atoms with van der Waals surface area (Å²) in [4.78, 5) is 41.3. The van der Waals surface area contributed by atoms with Crippen molar-refractivity contribution >= 4 is 34.7 Å². The Morgan fingerprint density at radius 2 is 1.91 bits per heavy atom. The summed E-state index contributed by atoms with van der Waals surface area (Å²) in [7, 11) is 0. The zero-order valence-electron chi connectivity index (χ0n) is 19.3. The summed E-state index contributed by atoms with van der Waals surface area (Å²) in [5, 5.41) is 7.48. The van der Waals surface area contributed by atoms with Gasteiger partial charge in [0.15, 0.2) is 6.04 Å². The zero-order chi connectivity index (χ0) is 24.0. The molecule has 2 aromatic heterocycles. The summed E-state index contributed by atoms with van der Waals surface area (Å²) in [5.41, 5.74) is 0.994. The number of carbonyl (C=O) groups is 3. The van der Waals surface area contributed by atoms with Crippen LogP contribution in [-0.4, -0.2) is 29.8 Å². The first-order chi connectivity index (χ1) is 15.7. The van der Waals surface area contributed by atoms with Gasteiger partial charge in [-0.3, -0.25) is 19.3 Å².